The number of alkyl halides is 3. The van der Waals surface area contributed by atoms with E-state index in [1.54, 1.807) is 16.9 Å². The number of aromatic nitrogens is 2. The van der Waals surface area contributed by atoms with Gasteiger partial charge in [0.05, 0.1) is 5.56 Å². The van der Waals surface area contributed by atoms with Gasteiger partial charge in [-0.15, -0.1) is 0 Å². The number of hydrogen-bond donors (Lipinski definition) is 1. The predicted molar refractivity (Wildman–Crippen MR) is 66.8 cm³/mol. The monoisotopic (exact) mass is 269 g/mol. The molecular weight excluding hydrogens is 255 g/mol. The highest BCUT2D eigenvalue weighted by Gasteiger charge is 2.32. The number of nitrogens with zero attached hydrogens (tertiary/aromatic N) is 2. The Morgan fingerprint density at radius 2 is 1.95 bits per heavy atom. The van der Waals surface area contributed by atoms with Gasteiger partial charge in [-0.3, -0.25) is 4.68 Å². The zero-order valence-electron chi connectivity index (χ0n) is 10.2. The lowest BCUT2D eigenvalue weighted by molar-refractivity contribution is -0.136. The summed E-state index contributed by atoms with van der Waals surface area (Å²) >= 11 is 0. The molecule has 102 valence electrons. The van der Waals surface area contributed by atoms with Gasteiger partial charge in [0, 0.05) is 31.2 Å². The second-order valence-electron chi connectivity index (χ2n) is 4.09. The van der Waals surface area contributed by atoms with Gasteiger partial charge in [0.25, 0.3) is 0 Å². The summed E-state index contributed by atoms with van der Waals surface area (Å²) in [5.74, 6) is 0. The summed E-state index contributed by atoms with van der Waals surface area (Å²) in [5.41, 5.74) is -0.510. The normalized spacial score (nSPS) is 11.5. The molecule has 0 fully saturated rings. The highest BCUT2D eigenvalue weighted by molar-refractivity contribution is 5.52. The van der Waals surface area contributed by atoms with Crippen molar-refractivity contribution in [2.45, 2.75) is 19.1 Å². The first-order valence-corrected chi connectivity index (χ1v) is 5.95. The van der Waals surface area contributed by atoms with Gasteiger partial charge in [-0.25, -0.2) is 0 Å². The number of halogens is 3. The summed E-state index contributed by atoms with van der Waals surface area (Å²) in [6, 6.07) is 7.31. The van der Waals surface area contributed by atoms with Crippen LogP contribution in [0.15, 0.2) is 42.7 Å². The van der Waals surface area contributed by atoms with Crippen molar-refractivity contribution < 1.29 is 13.2 Å². The van der Waals surface area contributed by atoms with E-state index < -0.39 is 11.7 Å². The Labute approximate surface area is 109 Å². The highest BCUT2D eigenvalue weighted by atomic mass is 19.4. The predicted octanol–water partition coefficient (Wildman–Crippen LogP) is 3.40. The Hall–Kier alpha value is -1.98. The minimum atomic E-state index is -4.33. The van der Waals surface area contributed by atoms with E-state index in [0.717, 1.165) is 6.07 Å². The van der Waals surface area contributed by atoms with Crippen LogP contribution < -0.4 is 5.32 Å². The van der Waals surface area contributed by atoms with Crippen molar-refractivity contribution in [3.8, 4) is 0 Å². The van der Waals surface area contributed by atoms with E-state index in [4.69, 9.17) is 0 Å². The fourth-order valence-electron chi connectivity index (χ4n) is 1.78. The zero-order valence-corrected chi connectivity index (χ0v) is 10.2. The molecule has 1 heterocycles. The molecule has 0 spiro atoms. The van der Waals surface area contributed by atoms with Crippen molar-refractivity contribution in [3.63, 3.8) is 0 Å². The molecule has 6 heteroatoms. The molecule has 0 amide bonds. The van der Waals surface area contributed by atoms with Crippen LogP contribution in [0.4, 0.5) is 18.9 Å². The van der Waals surface area contributed by atoms with Crippen LogP contribution in [0.5, 0.6) is 0 Å². The van der Waals surface area contributed by atoms with E-state index in [1.807, 2.05) is 12.3 Å². The molecule has 19 heavy (non-hydrogen) atoms. The van der Waals surface area contributed by atoms with Gasteiger partial charge in [0.1, 0.15) is 0 Å². The zero-order chi connectivity index (χ0) is 13.7. The summed E-state index contributed by atoms with van der Waals surface area (Å²) in [7, 11) is 0. The van der Waals surface area contributed by atoms with Crippen molar-refractivity contribution >= 4 is 5.69 Å². The average molecular weight is 269 g/mol. The molecule has 1 aromatic heterocycles. The topological polar surface area (TPSA) is 29.9 Å². The Morgan fingerprint density at radius 1 is 1.16 bits per heavy atom. The third-order valence-corrected chi connectivity index (χ3v) is 2.67. The number of rotatable bonds is 5. The molecule has 3 nitrogen and oxygen atoms in total. The molecular formula is C13H14F3N3. The Morgan fingerprint density at radius 3 is 2.63 bits per heavy atom. The third kappa shape index (κ3) is 3.74. The van der Waals surface area contributed by atoms with E-state index in [2.05, 4.69) is 10.4 Å². The maximum atomic E-state index is 12.7. The molecule has 0 aliphatic heterocycles. The van der Waals surface area contributed by atoms with Crippen molar-refractivity contribution in [1.82, 2.24) is 9.78 Å². The number of anilines is 1. The lowest BCUT2D eigenvalue weighted by Crippen LogP contribution is -2.12. The van der Waals surface area contributed by atoms with Gasteiger partial charge in [-0.2, -0.15) is 18.3 Å². The van der Waals surface area contributed by atoms with Crippen LogP contribution in [0.3, 0.4) is 0 Å². The van der Waals surface area contributed by atoms with Gasteiger partial charge in [-0.1, -0.05) is 12.1 Å². The first-order valence-electron chi connectivity index (χ1n) is 5.95. The molecule has 0 aliphatic carbocycles. The molecule has 0 atom stereocenters. The quantitative estimate of drug-likeness (QED) is 0.843. The maximum Gasteiger partial charge on any atom is 0.418 e. The van der Waals surface area contributed by atoms with Crippen LogP contribution in [0.2, 0.25) is 0 Å². The second kappa shape index (κ2) is 5.77. The van der Waals surface area contributed by atoms with Gasteiger partial charge in [-0.05, 0) is 24.6 Å². The van der Waals surface area contributed by atoms with Crippen LogP contribution >= 0.6 is 0 Å². The summed E-state index contributed by atoms with van der Waals surface area (Å²) in [4.78, 5) is 0. The van der Waals surface area contributed by atoms with Crippen molar-refractivity contribution in [3.05, 3.63) is 48.3 Å². The van der Waals surface area contributed by atoms with Gasteiger partial charge in [0.2, 0.25) is 0 Å². The third-order valence-electron chi connectivity index (χ3n) is 2.67. The molecule has 0 saturated carbocycles. The molecule has 1 N–H and O–H groups in total. The number of aryl methyl sites for hydroxylation is 1. The SMILES string of the molecule is FC(F)(F)c1ccccc1NCCCn1cccn1. The minimum absolute atomic E-state index is 0.121. The molecule has 2 aromatic rings. The Bertz CT molecular complexity index is 506. The molecule has 0 saturated heterocycles. The fourth-order valence-corrected chi connectivity index (χ4v) is 1.78. The van der Waals surface area contributed by atoms with Crippen LogP contribution in [-0.2, 0) is 12.7 Å². The summed E-state index contributed by atoms with van der Waals surface area (Å²) < 4.78 is 39.9. The second-order valence-corrected chi connectivity index (χ2v) is 4.09. The number of nitrogens with one attached hydrogen (secondary N) is 1. The average Bonchev–Trinajstić information content (AvgIpc) is 2.87. The lowest BCUT2D eigenvalue weighted by Gasteiger charge is -2.14. The molecule has 0 aliphatic rings. The first kappa shape index (κ1) is 13.5. The van der Waals surface area contributed by atoms with Gasteiger partial charge in [0.15, 0.2) is 0 Å². The van der Waals surface area contributed by atoms with E-state index in [-0.39, 0.29) is 5.69 Å². The summed E-state index contributed by atoms with van der Waals surface area (Å²) in [6.07, 6.45) is -0.129. The standard InChI is InChI=1S/C13H14F3N3/c14-13(15,16)11-5-1-2-6-12(11)17-7-3-9-19-10-4-8-18-19/h1-2,4-6,8,10,17H,3,7,9H2. The van der Waals surface area contributed by atoms with Gasteiger partial charge >= 0.3 is 6.18 Å². The summed E-state index contributed by atoms with van der Waals surface area (Å²) in [6.45, 7) is 1.14. The van der Waals surface area contributed by atoms with Crippen molar-refractivity contribution in [1.29, 1.82) is 0 Å². The number of benzene rings is 1. The number of para-hydroxylation sites is 1. The van der Waals surface area contributed by atoms with E-state index in [0.29, 0.717) is 19.5 Å². The van der Waals surface area contributed by atoms with Crippen LogP contribution in [0, 0.1) is 0 Å². The maximum absolute atomic E-state index is 12.7. The largest absolute Gasteiger partial charge is 0.418 e. The van der Waals surface area contributed by atoms with Crippen molar-refractivity contribution in [2.24, 2.45) is 0 Å². The molecule has 0 radical (unpaired) electrons. The highest BCUT2D eigenvalue weighted by Crippen LogP contribution is 2.34. The number of hydrogen-bond acceptors (Lipinski definition) is 2. The van der Waals surface area contributed by atoms with Crippen molar-refractivity contribution in [2.75, 3.05) is 11.9 Å². The van der Waals surface area contributed by atoms with Gasteiger partial charge < -0.3 is 5.32 Å². The molecule has 0 bridgehead atoms. The molecule has 0 unspecified atom stereocenters. The molecule has 2 rings (SSSR count). The summed E-state index contributed by atoms with van der Waals surface area (Å²) in [5, 5.41) is 6.85. The van der Waals surface area contributed by atoms with E-state index in [1.165, 1.54) is 12.1 Å². The van der Waals surface area contributed by atoms with Crippen LogP contribution in [-0.4, -0.2) is 16.3 Å². The molecule has 1 aromatic carbocycles. The Balaban J connectivity index is 1.89. The van der Waals surface area contributed by atoms with E-state index >= 15 is 0 Å². The smallest absolute Gasteiger partial charge is 0.384 e. The first-order chi connectivity index (χ1) is 9.07. The van der Waals surface area contributed by atoms with E-state index in [9.17, 15) is 13.2 Å². The van der Waals surface area contributed by atoms with Crippen LogP contribution in [0.25, 0.3) is 0 Å². The lowest BCUT2D eigenvalue weighted by atomic mass is 10.1. The Kier molecular flexibility index (Phi) is 4.09. The fraction of sp³-hybridized carbons (Fsp3) is 0.308. The van der Waals surface area contributed by atoms with Crippen LogP contribution in [0.1, 0.15) is 12.0 Å². The minimum Gasteiger partial charge on any atom is -0.384 e.